The number of aryl methyl sites for hydroxylation is 1. The number of carbonyl (C=O) groups is 1. The van der Waals surface area contributed by atoms with Gasteiger partial charge in [0.2, 0.25) is 15.9 Å². The third-order valence-corrected chi connectivity index (χ3v) is 6.37. The van der Waals surface area contributed by atoms with E-state index in [1.165, 1.54) is 0 Å². The molecular weight excluding hydrogens is 402 g/mol. The van der Waals surface area contributed by atoms with Gasteiger partial charge in [0.15, 0.2) is 0 Å². The third kappa shape index (κ3) is 5.52. The van der Waals surface area contributed by atoms with Crippen LogP contribution in [0.1, 0.15) is 18.1 Å². The molecule has 0 aromatic heterocycles. The zero-order valence-corrected chi connectivity index (χ0v) is 18.5. The van der Waals surface area contributed by atoms with Crippen molar-refractivity contribution in [3.8, 4) is 0 Å². The van der Waals surface area contributed by atoms with Gasteiger partial charge in [-0.1, -0.05) is 24.3 Å². The number of carbonyl (C=O) groups excluding carboxylic acids is 1. The number of benzene rings is 2. The van der Waals surface area contributed by atoms with Crippen molar-refractivity contribution in [2.75, 3.05) is 41.8 Å². The minimum atomic E-state index is -3.62. The van der Waals surface area contributed by atoms with E-state index in [1.807, 2.05) is 37.3 Å². The van der Waals surface area contributed by atoms with E-state index in [4.69, 9.17) is 4.74 Å². The summed E-state index contributed by atoms with van der Waals surface area (Å²) in [4.78, 5) is 15.0. The van der Waals surface area contributed by atoms with Crippen molar-refractivity contribution in [2.45, 2.75) is 26.4 Å². The lowest BCUT2D eigenvalue weighted by atomic mass is 10.1. The molecule has 2 aromatic carbocycles. The molecule has 0 radical (unpaired) electrons. The maximum absolute atomic E-state index is 12.7. The first-order valence-electron chi connectivity index (χ1n) is 10.0. The number of ether oxygens (including phenoxy) is 1. The number of nitrogens with one attached hydrogen (secondary N) is 1. The molecule has 30 heavy (non-hydrogen) atoms. The molecule has 1 unspecified atom stereocenters. The van der Waals surface area contributed by atoms with Crippen LogP contribution in [0.25, 0.3) is 0 Å². The highest BCUT2D eigenvalue weighted by Gasteiger charge is 2.29. The van der Waals surface area contributed by atoms with E-state index in [1.54, 1.807) is 25.1 Å². The van der Waals surface area contributed by atoms with Crippen LogP contribution in [0.3, 0.4) is 0 Å². The fraction of sp³-hybridized carbons (Fsp3) is 0.409. The molecule has 0 aliphatic carbocycles. The van der Waals surface area contributed by atoms with E-state index in [9.17, 15) is 13.2 Å². The van der Waals surface area contributed by atoms with Crippen molar-refractivity contribution >= 4 is 27.3 Å². The Morgan fingerprint density at radius 2 is 1.83 bits per heavy atom. The summed E-state index contributed by atoms with van der Waals surface area (Å²) in [6, 6.07) is 14.3. The molecule has 1 atom stereocenters. The van der Waals surface area contributed by atoms with Crippen molar-refractivity contribution in [2.24, 2.45) is 0 Å². The Kier molecular flexibility index (Phi) is 6.99. The Hall–Kier alpha value is -2.58. The summed E-state index contributed by atoms with van der Waals surface area (Å²) < 4.78 is 31.3. The molecule has 1 aliphatic rings. The van der Waals surface area contributed by atoms with Crippen LogP contribution in [-0.2, 0) is 26.1 Å². The van der Waals surface area contributed by atoms with E-state index in [2.05, 4.69) is 10.2 Å². The number of hydrogen-bond donors (Lipinski definition) is 1. The smallest absolute Gasteiger partial charge is 0.243 e. The van der Waals surface area contributed by atoms with E-state index in [-0.39, 0.29) is 5.91 Å². The van der Waals surface area contributed by atoms with Crippen LogP contribution in [0, 0.1) is 6.92 Å². The SMILES string of the molecule is Cc1cccc(N(C(C)C(=O)NCc2ccc(N3CCOCC3)cc2)S(C)(=O)=O)c1. The Balaban J connectivity index is 1.65. The highest BCUT2D eigenvalue weighted by atomic mass is 32.2. The van der Waals surface area contributed by atoms with Gasteiger partial charge in [-0.25, -0.2) is 8.42 Å². The molecule has 7 nitrogen and oxygen atoms in total. The lowest BCUT2D eigenvalue weighted by molar-refractivity contribution is -0.122. The van der Waals surface area contributed by atoms with Crippen molar-refractivity contribution in [3.63, 3.8) is 0 Å². The number of sulfonamides is 1. The van der Waals surface area contributed by atoms with Crippen LogP contribution in [0.5, 0.6) is 0 Å². The van der Waals surface area contributed by atoms with Gasteiger partial charge in [-0.2, -0.15) is 0 Å². The summed E-state index contributed by atoms with van der Waals surface area (Å²) in [6.45, 7) is 7.01. The monoisotopic (exact) mass is 431 g/mol. The topological polar surface area (TPSA) is 79.0 Å². The number of morpholine rings is 1. The van der Waals surface area contributed by atoms with Crippen LogP contribution in [0.15, 0.2) is 48.5 Å². The quantitative estimate of drug-likeness (QED) is 0.728. The second kappa shape index (κ2) is 9.49. The Morgan fingerprint density at radius 3 is 2.43 bits per heavy atom. The second-order valence-electron chi connectivity index (χ2n) is 7.56. The van der Waals surface area contributed by atoms with Crippen LogP contribution in [0.4, 0.5) is 11.4 Å². The summed E-state index contributed by atoms with van der Waals surface area (Å²) in [5, 5.41) is 2.86. The largest absolute Gasteiger partial charge is 0.378 e. The zero-order chi connectivity index (χ0) is 21.7. The molecule has 0 saturated carbocycles. The first-order valence-corrected chi connectivity index (χ1v) is 11.9. The number of hydrogen-bond acceptors (Lipinski definition) is 5. The molecule has 1 amide bonds. The maximum atomic E-state index is 12.7. The second-order valence-corrected chi connectivity index (χ2v) is 9.42. The van der Waals surface area contributed by atoms with Gasteiger partial charge in [0.05, 0.1) is 25.2 Å². The van der Waals surface area contributed by atoms with Crippen molar-refractivity contribution in [3.05, 3.63) is 59.7 Å². The molecule has 1 saturated heterocycles. The van der Waals surface area contributed by atoms with Crippen LogP contribution in [0.2, 0.25) is 0 Å². The molecule has 2 aromatic rings. The zero-order valence-electron chi connectivity index (χ0n) is 17.7. The Labute approximate surface area is 178 Å². The van der Waals surface area contributed by atoms with Gasteiger partial charge < -0.3 is 15.0 Å². The summed E-state index contributed by atoms with van der Waals surface area (Å²) in [6.07, 6.45) is 1.11. The molecule has 3 rings (SSSR count). The fourth-order valence-corrected chi connectivity index (χ4v) is 4.72. The molecule has 8 heteroatoms. The van der Waals surface area contributed by atoms with E-state index >= 15 is 0 Å². The average Bonchev–Trinajstić information content (AvgIpc) is 2.72. The highest BCUT2D eigenvalue weighted by molar-refractivity contribution is 7.92. The molecular formula is C22H29N3O4S. The average molecular weight is 432 g/mol. The highest BCUT2D eigenvalue weighted by Crippen LogP contribution is 2.22. The van der Waals surface area contributed by atoms with Gasteiger partial charge in [-0.05, 0) is 49.2 Å². The van der Waals surface area contributed by atoms with Crippen molar-refractivity contribution in [1.82, 2.24) is 5.32 Å². The van der Waals surface area contributed by atoms with Crippen LogP contribution in [-0.4, -0.2) is 52.9 Å². The van der Waals surface area contributed by atoms with Gasteiger partial charge in [0, 0.05) is 25.3 Å². The number of anilines is 2. The van der Waals surface area contributed by atoms with Crippen molar-refractivity contribution < 1.29 is 17.9 Å². The lowest BCUT2D eigenvalue weighted by Crippen LogP contribution is -2.47. The Bertz CT molecular complexity index is 970. The molecule has 0 spiro atoms. The summed E-state index contributed by atoms with van der Waals surface area (Å²) >= 11 is 0. The molecule has 1 fully saturated rings. The van der Waals surface area contributed by atoms with Gasteiger partial charge >= 0.3 is 0 Å². The van der Waals surface area contributed by atoms with E-state index < -0.39 is 16.1 Å². The third-order valence-electron chi connectivity index (χ3n) is 5.12. The maximum Gasteiger partial charge on any atom is 0.243 e. The predicted octanol–water partition coefficient (Wildman–Crippen LogP) is 2.30. The predicted molar refractivity (Wildman–Crippen MR) is 119 cm³/mol. The van der Waals surface area contributed by atoms with Crippen molar-refractivity contribution in [1.29, 1.82) is 0 Å². The van der Waals surface area contributed by atoms with Gasteiger partial charge in [0.1, 0.15) is 6.04 Å². The molecule has 0 bridgehead atoms. The summed E-state index contributed by atoms with van der Waals surface area (Å²) in [7, 11) is -3.62. The minimum absolute atomic E-state index is 0.331. The number of amides is 1. The van der Waals surface area contributed by atoms with Gasteiger partial charge in [-0.3, -0.25) is 9.10 Å². The summed E-state index contributed by atoms with van der Waals surface area (Å²) in [5.74, 6) is -0.348. The van der Waals surface area contributed by atoms with Crippen LogP contribution < -0.4 is 14.5 Å². The molecule has 1 N–H and O–H groups in total. The molecule has 1 aliphatic heterocycles. The molecule has 1 heterocycles. The minimum Gasteiger partial charge on any atom is -0.378 e. The van der Waals surface area contributed by atoms with E-state index in [0.717, 1.165) is 53.7 Å². The van der Waals surface area contributed by atoms with Crippen LogP contribution >= 0.6 is 0 Å². The first-order chi connectivity index (χ1) is 14.3. The Morgan fingerprint density at radius 1 is 1.17 bits per heavy atom. The summed E-state index contributed by atoms with van der Waals surface area (Å²) in [5.41, 5.74) is 3.49. The number of rotatable bonds is 7. The number of nitrogens with zero attached hydrogens (tertiary/aromatic N) is 2. The van der Waals surface area contributed by atoms with Gasteiger partial charge in [-0.15, -0.1) is 0 Å². The lowest BCUT2D eigenvalue weighted by Gasteiger charge is -2.29. The van der Waals surface area contributed by atoms with Gasteiger partial charge in [0.25, 0.3) is 0 Å². The van der Waals surface area contributed by atoms with E-state index in [0.29, 0.717) is 12.2 Å². The fourth-order valence-electron chi connectivity index (χ4n) is 3.56. The standard InChI is InChI=1S/C22H29N3O4S/c1-17-5-4-6-21(15-17)25(30(3,27)28)18(2)22(26)23-16-19-7-9-20(10-8-19)24-11-13-29-14-12-24/h4-10,15,18H,11-14,16H2,1-3H3,(H,23,26). The first kappa shape index (κ1) is 22.1. The normalized spacial score (nSPS) is 15.5. The molecule has 162 valence electrons.